The number of hydrogen-bond donors (Lipinski definition) is 2. The van der Waals surface area contributed by atoms with Gasteiger partial charge in [0.15, 0.2) is 0 Å². The number of nitrogens with one attached hydrogen (secondary N) is 2. The Morgan fingerprint density at radius 1 is 1.47 bits per heavy atom. The Hall–Kier alpha value is -0.620. The van der Waals surface area contributed by atoms with Gasteiger partial charge in [-0.1, -0.05) is 6.92 Å². The molecule has 0 aliphatic carbocycles. The molecule has 2 N–H and O–H groups in total. The van der Waals surface area contributed by atoms with Crippen LogP contribution in [0.1, 0.15) is 26.2 Å². The molecule has 0 spiro atoms. The van der Waals surface area contributed by atoms with E-state index in [1.807, 2.05) is 6.92 Å². The van der Waals surface area contributed by atoms with Crippen LogP contribution in [-0.4, -0.2) is 46.0 Å². The zero-order valence-corrected chi connectivity index (χ0v) is 11.4. The lowest BCUT2D eigenvalue weighted by Crippen LogP contribution is -2.42. The van der Waals surface area contributed by atoms with Gasteiger partial charge < -0.3 is 10.6 Å². The summed E-state index contributed by atoms with van der Waals surface area (Å²) in [6.45, 7) is 4.06. The van der Waals surface area contributed by atoms with Crippen molar-refractivity contribution < 1.29 is 13.2 Å². The third kappa shape index (κ3) is 4.27. The SMILES string of the molecule is CCC1(C(=O)NCCCS(C)(=O)=O)CCNC1. The van der Waals surface area contributed by atoms with Crippen LogP contribution in [0.25, 0.3) is 0 Å². The average Bonchev–Trinajstić information content (AvgIpc) is 2.72. The standard InChI is InChI=1S/C11H22N2O3S/c1-3-11(5-7-12-9-11)10(14)13-6-4-8-17(2,15)16/h12H,3-9H2,1-2H3,(H,13,14). The van der Waals surface area contributed by atoms with E-state index in [-0.39, 0.29) is 17.1 Å². The second-order valence-corrected chi connectivity index (χ2v) is 7.06. The molecule has 5 nitrogen and oxygen atoms in total. The first-order valence-electron chi connectivity index (χ1n) is 6.06. The minimum Gasteiger partial charge on any atom is -0.356 e. The highest BCUT2D eigenvalue weighted by Gasteiger charge is 2.38. The highest BCUT2D eigenvalue weighted by Crippen LogP contribution is 2.29. The van der Waals surface area contributed by atoms with Gasteiger partial charge in [0.25, 0.3) is 0 Å². The van der Waals surface area contributed by atoms with Gasteiger partial charge in [0.05, 0.1) is 11.2 Å². The summed E-state index contributed by atoms with van der Waals surface area (Å²) >= 11 is 0. The van der Waals surface area contributed by atoms with Crippen molar-refractivity contribution in [3.63, 3.8) is 0 Å². The average molecular weight is 262 g/mol. The fourth-order valence-corrected chi connectivity index (χ4v) is 2.79. The van der Waals surface area contributed by atoms with Crippen molar-refractivity contribution in [1.82, 2.24) is 10.6 Å². The Balaban J connectivity index is 2.34. The van der Waals surface area contributed by atoms with E-state index in [2.05, 4.69) is 10.6 Å². The van der Waals surface area contributed by atoms with Crippen molar-refractivity contribution in [2.45, 2.75) is 26.2 Å². The maximum Gasteiger partial charge on any atom is 0.227 e. The molecule has 1 saturated heterocycles. The zero-order valence-electron chi connectivity index (χ0n) is 10.6. The molecule has 1 amide bonds. The van der Waals surface area contributed by atoms with Gasteiger partial charge in [-0.2, -0.15) is 0 Å². The Morgan fingerprint density at radius 2 is 2.18 bits per heavy atom. The van der Waals surface area contributed by atoms with Gasteiger partial charge in [-0.25, -0.2) is 8.42 Å². The highest BCUT2D eigenvalue weighted by atomic mass is 32.2. The molecule has 0 aromatic heterocycles. The number of carbonyl (C=O) groups excluding carboxylic acids is 1. The molecule has 0 aromatic carbocycles. The third-order valence-electron chi connectivity index (χ3n) is 3.38. The van der Waals surface area contributed by atoms with E-state index >= 15 is 0 Å². The normalized spacial score (nSPS) is 24.8. The molecule has 1 unspecified atom stereocenters. The Labute approximate surface area is 103 Å². The minimum atomic E-state index is -2.93. The van der Waals surface area contributed by atoms with Crippen LogP contribution in [0.5, 0.6) is 0 Å². The monoisotopic (exact) mass is 262 g/mol. The Morgan fingerprint density at radius 3 is 2.65 bits per heavy atom. The van der Waals surface area contributed by atoms with Gasteiger partial charge in [-0.05, 0) is 25.8 Å². The Bertz CT molecular complexity index is 359. The van der Waals surface area contributed by atoms with Crippen LogP contribution in [-0.2, 0) is 14.6 Å². The number of hydrogen-bond acceptors (Lipinski definition) is 4. The maximum atomic E-state index is 12.0. The van der Waals surface area contributed by atoms with Crippen molar-refractivity contribution >= 4 is 15.7 Å². The van der Waals surface area contributed by atoms with Crippen molar-refractivity contribution in [2.24, 2.45) is 5.41 Å². The van der Waals surface area contributed by atoms with E-state index in [1.165, 1.54) is 6.26 Å². The largest absolute Gasteiger partial charge is 0.356 e. The molecular weight excluding hydrogens is 240 g/mol. The molecule has 6 heteroatoms. The molecule has 0 radical (unpaired) electrons. The van der Waals surface area contributed by atoms with E-state index in [9.17, 15) is 13.2 Å². The van der Waals surface area contributed by atoms with Gasteiger partial charge in [0.2, 0.25) is 5.91 Å². The third-order valence-corrected chi connectivity index (χ3v) is 4.41. The second-order valence-electron chi connectivity index (χ2n) is 4.80. The summed E-state index contributed by atoms with van der Waals surface area (Å²) in [4.78, 5) is 12.0. The number of amides is 1. The summed E-state index contributed by atoms with van der Waals surface area (Å²) in [5, 5.41) is 6.05. The van der Waals surface area contributed by atoms with Crippen LogP contribution in [0, 0.1) is 5.41 Å². The smallest absolute Gasteiger partial charge is 0.227 e. The van der Waals surface area contributed by atoms with Crippen molar-refractivity contribution in [3.05, 3.63) is 0 Å². The van der Waals surface area contributed by atoms with E-state index in [0.717, 1.165) is 25.9 Å². The van der Waals surface area contributed by atoms with Crippen molar-refractivity contribution in [1.29, 1.82) is 0 Å². The molecule has 1 rings (SSSR count). The quantitative estimate of drug-likeness (QED) is 0.657. The first-order valence-corrected chi connectivity index (χ1v) is 8.12. The van der Waals surface area contributed by atoms with E-state index in [0.29, 0.717) is 13.0 Å². The van der Waals surface area contributed by atoms with Crippen molar-refractivity contribution in [2.75, 3.05) is 31.6 Å². The number of sulfone groups is 1. The minimum absolute atomic E-state index is 0.0542. The lowest BCUT2D eigenvalue weighted by atomic mass is 9.83. The maximum absolute atomic E-state index is 12.0. The fourth-order valence-electron chi connectivity index (χ4n) is 2.12. The zero-order chi connectivity index (χ0) is 12.9. The predicted molar refractivity (Wildman–Crippen MR) is 67.5 cm³/mol. The molecular formula is C11H22N2O3S. The van der Waals surface area contributed by atoms with Gasteiger partial charge in [0.1, 0.15) is 9.84 Å². The molecule has 0 bridgehead atoms. The van der Waals surface area contributed by atoms with Gasteiger partial charge in [-0.3, -0.25) is 4.79 Å². The molecule has 1 heterocycles. The van der Waals surface area contributed by atoms with Gasteiger partial charge in [0, 0.05) is 19.3 Å². The van der Waals surface area contributed by atoms with Crippen LogP contribution in [0.2, 0.25) is 0 Å². The Kier molecular flexibility index (Phi) is 4.94. The summed E-state index contributed by atoms with van der Waals surface area (Å²) in [6.07, 6.45) is 3.38. The van der Waals surface area contributed by atoms with Crippen LogP contribution in [0.3, 0.4) is 0 Å². The van der Waals surface area contributed by atoms with Crippen LogP contribution in [0.15, 0.2) is 0 Å². The molecule has 1 atom stereocenters. The molecule has 17 heavy (non-hydrogen) atoms. The molecule has 0 saturated carbocycles. The first-order chi connectivity index (χ1) is 7.90. The van der Waals surface area contributed by atoms with E-state index in [1.54, 1.807) is 0 Å². The summed E-state index contributed by atoms with van der Waals surface area (Å²) in [5.74, 6) is 0.184. The summed E-state index contributed by atoms with van der Waals surface area (Å²) in [7, 11) is -2.93. The van der Waals surface area contributed by atoms with Gasteiger partial charge >= 0.3 is 0 Å². The topological polar surface area (TPSA) is 75.3 Å². The van der Waals surface area contributed by atoms with E-state index < -0.39 is 9.84 Å². The summed E-state index contributed by atoms with van der Waals surface area (Å²) < 4.78 is 21.9. The first kappa shape index (κ1) is 14.4. The number of rotatable bonds is 6. The molecule has 0 aromatic rings. The van der Waals surface area contributed by atoms with E-state index in [4.69, 9.17) is 0 Å². The lowest BCUT2D eigenvalue weighted by Gasteiger charge is -2.25. The lowest BCUT2D eigenvalue weighted by molar-refractivity contribution is -0.130. The molecule has 1 aliphatic rings. The second kappa shape index (κ2) is 5.82. The van der Waals surface area contributed by atoms with Crippen LogP contribution in [0.4, 0.5) is 0 Å². The predicted octanol–water partition coefficient (Wildman–Crippen LogP) is -0.0730. The highest BCUT2D eigenvalue weighted by molar-refractivity contribution is 7.90. The number of carbonyl (C=O) groups is 1. The molecule has 100 valence electrons. The molecule has 1 aliphatic heterocycles. The van der Waals surface area contributed by atoms with Crippen LogP contribution >= 0.6 is 0 Å². The molecule has 1 fully saturated rings. The van der Waals surface area contributed by atoms with Gasteiger partial charge in [-0.15, -0.1) is 0 Å². The van der Waals surface area contributed by atoms with Crippen LogP contribution < -0.4 is 10.6 Å². The van der Waals surface area contributed by atoms with Crippen molar-refractivity contribution in [3.8, 4) is 0 Å². The fraction of sp³-hybridized carbons (Fsp3) is 0.909. The summed E-state index contributed by atoms with van der Waals surface area (Å²) in [6, 6.07) is 0. The summed E-state index contributed by atoms with van der Waals surface area (Å²) in [5.41, 5.74) is -0.287.